The molecule has 1 amide bonds. The minimum atomic E-state index is -0.926. The van der Waals surface area contributed by atoms with Crippen molar-refractivity contribution in [1.82, 2.24) is 0 Å². The molecule has 1 aromatic rings. The van der Waals surface area contributed by atoms with E-state index in [1.54, 1.807) is 32.0 Å². The van der Waals surface area contributed by atoms with Crippen LogP contribution < -0.4 is 10.1 Å². The Morgan fingerprint density at radius 1 is 1.15 bits per heavy atom. The van der Waals surface area contributed by atoms with Gasteiger partial charge in [-0.05, 0) is 58.7 Å². The third-order valence-corrected chi connectivity index (χ3v) is 4.25. The van der Waals surface area contributed by atoms with Gasteiger partial charge in [0.2, 0.25) is 0 Å². The van der Waals surface area contributed by atoms with Gasteiger partial charge >= 0.3 is 5.97 Å². The van der Waals surface area contributed by atoms with Gasteiger partial charge in [-0.15, -0.1) is 0 Å². The van der Waals surface area contributed by atoms with E-state index in [1.165, 1.54) is 0 Å². The van der Waals surface area contributed by atoms with E-state index in [9.17, 15) is 9.59 Å². The number of esters is 1. The van der Waals surface area contributed by atoms with Crippen LogP contribution in [0.2, 0.25) is 0 Å². The zero-order valence-electron chi connectivity index (χ0n) is 16.7. The lowest BCUT2D eigenvalue weighted by Crippen LogP contribution is -2.42. The quantitative estimate of drug-likeness (QED) is 0.630. The monoisotopic (exact) mass is 365 g/mol. The number of carbonyl (C=O) groups excluding carboxylic acids is 2. The summed E-state index contributed by atoms with van der Waals surface area (Å²) in [5.41, 5.74) is -0.140. The highest BCUT2D eigenvalue weighted by Gasteiger charge is 2.32. The lowest BCUT2D eigenvalue weighted by molar-refractivity contribution is -0.139. The van der Waals surface area contributed by atoms with Crippen molar-refractivity contribution in [2.45, 2.75) is 66.1 Å². The van der Waals surface area contributed by atoms with Crippen molar-refractivity contribution >= 4 is 17.6 Å². The van der Waals surface area contributed by atoms with Crippen LogP contribution in [0.5, 0.6) is 5.75 Å². The molecule has 0 aromatic heterocycles. The van der Waals surface area contributed by atoms with Crippen LogP contribution in [0.3, 0.4) is 0 Å². The Labute approximate surface area is 156 Å². The molecule has 2 unspecified atom stereocenters. The Morgan fingerprint density at radius 3 is 2.38 bits per heavy atom. The third-order valence-electron chi connectivity index (χ3n) is 4.25. The van der Waals surface area contributed by atoms with Crippen molar-refractivity contribution in [3.05, 3.63) is 23.8 Å². The molecular weight excluding hydrogens is 334 g/mol. The summed E-state index contributed by atoms with van der Waals surface area (Å²) >= 11 is 0. The molecule has 0 saturated heterocycles. The van der Waals surface area contributed by atoms with E-state index >= 15 is 0 Å². The van der Waals surface area contributed by atoms with Crippen molar-refractivity contribution in [1.29, 1.82) is 0 Å². The molecule has 0 radical (unpaired) electrons. The summed E-state index contributed by atoms with van der Waals surface area (Å²) in [6.45, 7) is 11.9. The first kappa shape index (κ1) is 22.0. The lowest BCUT2D eigenvalue weighted by atomic mass is 10.0. The van der Waals surface area contributed by atoms with Crippen molar-refractivity contribution in [3.63, 3.8) is 0 Å². The number of carbonyl (C=O) groups is 2. The molecule has 0 fully saturated rings. The Bertz CT molecular complexity index is 616. The highest BCUT2D eigenvalue weighted by molar-refractivity contribution is 5.99. The molecule has 1 N–H and O–H groups in total. The molecule has 0 aliphatic carbocycles. The summed E-state index contributed by atoms with van der Waals surface area (Å²) < 4.78 is 16.5. The van der Waals surface area contributed by atoms with Gasteiger partial charge in [0.15, 0.2) is 0 Å². The van der Waals surface area contributed by atoms with Crippen LogP contribution >= 0.6 is 0 Å². The van der Waals surface area contributed by atoms with Crippen LogP contribution in [0, 0.1) is 0 Å². The number of ether oxygens (including phenoxy) is 3. The number of hydrogen-bond acceptors (Lipinski definition) is 5. The lowest BCUT2D eigenvalue weighted by Gasteiger charge is -2.27. The fourth-order valence-corrected chi connectivity index (χ4v) is 2.29. The standard InChI is InChI=1S/C20H31NO5/c1-7-14(5)26-17-12-11-15(13-16(17)18(22)24-9-3)21-19(23)20(6,8-2)25-10-4/h11-14H,7-10H2,1-6H3,(H,21,23). The van der Waals surface area contributed by atoms with Gasteiger partial charge in [-0.2, -0.15) is 0 Å². The average Bonchev–Trinajstić information content (AvgIpc) is 2.62. The molecular formula is C20H31NO5. The van der Waals surface area contributed by atoms with Gasteiger partial charge in [0.05, 0.1) is 12.7 Å². The van der Waals surface area contributed by atoms with Crippen molar-refractivity contribution in [3.8, 4) is 5.75 Å². The highest BCUT2D eigenvalue weighted by Crippen LogP contribution is 2.27. The van der Waals surface area contributed by atoms with Crippen LogP contribution in [0.25, 0.3) is 0 Å². The van der Waals surface area contributed by atoms with E-state index in [0.717, 1.165) is 6.42 Å². The minimum absolute atomic E-state index is 0.0371. The van der Waals surface area contributed by atoms with Crippen LogP contribution in [-0.2, 0) is 14.3 Å². The van der Waals surface area contributed by atoms with Gasteiger partial charge in [0.25, 0.3) is 5.91 Å². The van der Waals surface area contributed by atoms with E-state index < -0.39 is 11.6 Å². The number of rotatable bonds is 10. The van der Waals surface area contributed by atoms with Crippen molar-refractivity contribution in [2.24, 2.45) is 0 Å². The van der Waals surface area contributed by atoms with Gasteiger partial charge in [-0.3, -0.25) is 4.79 Å². The fraction of sp³-hybridized carbons (Fsp3) is 0.600. The summed E-state index contributed by atoms with van der Waals surface area (Å²) in [6.07, 6.45) is 1.31. The molecule has 0 aliphatic heterocycles. The molecule has 0 saturated carbocycles. The van der Waals surface area contributed by atoms with E-state index in [4.69, 9.17) is 14.2 Å². The molecule has 1 rings (SSSR count). The molecule has 26 heavy (non-hydrogen) atoms. The normalized spacial score (nSPS) is 14.2. The number of nitrogens with one attached hydrogen (secondary N) is 1. The summed E-state index contributed by atoms with van der Waals surface area (Å²) in [5, 5.41) is 2.82. The van der Waals surface area contributed by atoms with Crippen LogP contribution in [0.4, 0.5) is 5.69 Å². The van der Waals surface area contributed by atoms with E-state index in [2.05, 4.69) is 5.32 Å². The van der Waals surface area contributed by atoms with Crippen LogP contribution in [0.1, 0.15) is 64.7 Å². The minimum Gasteiger partial charge on any atom is -0.490 e. The molecule has 2 atom stereocenters. The van der Waals surface area contributed by atoms with E-state index in [-0.39, 0.29) is 18.6 Å². The maximum absolute atomic E-state index is 12.6. The fourth-order valence-electron chi connectivity index (χ4n) is 2.29. The van der Waals surface area contributed by atoms with E-state index in [1.807, 2.05) is 27.7 Å². The molecule has 0 aliphatic rings. The maximum atomic E-state index is 12.6. The first-order chi connectivity index (χ1) is 12.3. The number of benzene rings is 1. The van der Waals surface area contributed by atoms with E-state index in [0.29, 0.717) is 30.0 Å². The number of anilines is 1. The molecule has 0 bridgehead atoms. The number of hydrogen-bond donors (Lipinski definition) is 1. The largest absolute Gasteiger partial charge is 0.490 e. The van der Waals surface area contributed by atoms with Gasteiger partial charge in [0, 0.05) is 12.3 Å². The Balaban J connectivity index is 3.12. The molecule has 6 heteroatoms. The molecule has 146 valence electrons. The molecule has 0 spiro atoms. The van der Waals surface area contributed by atoms with Gasteiger partial charge < -0.3 is 19.5 Å². The average molecular weight is 365 g/mol. The Kier molecular flexibility index (Phi) is 8.58. The van der Waals surface area contributed by atoms with Gasteiger partial charge in [-0.1, -0.05) is 13.8 Å². The predicted molar refractivity (Wildman–Crippen MR) is 102 cm³/mol. The second-order valence-corrected chi connectivity index (χ2v) is 6.24. The van der Waals surface area contributed by atoms with Crippen molar-refractivity contribution in [2.75, 3.05) is 18.5 Å². The van der Waals surface area contributed by atoms with Crippen LogP contribution in [0.15, 0.2) is 18.2 Å². The Morgan fingerprint density at radius 2 is 1.85 bits per heavy atom. The van der Waals surface area contributed by atoms with Crippen molar-refractivity contribution < 1.29 is 23.8 Å². The number of amides is 1. The summed E-state index contributed by atoms with van der Waals surface area (Å²) in [5.74, 6) is -0.295. The third kappa shape index (κ3) is 5.73. The highest BCUT2D eigenvalue weighted by atomic mass is 16.5. The zero-order valence-corrected chi connectivity index (χ0v) is 16.7. The Hall–Kier alpha value is -2.08. The van der Waals surface area contributed by atoms with Gasteiger partial charge in [0.1, 0.15) is 16.9 Å². The molecule has 6 nitrogen and oxygen atoms in total. The second kappa shape index (κ2) is 10.2. The first-order valence-corrected chi connectivity index (χ1v) is 9.24. The predicted octanol–water partition coefficient (Wildman–Crippen LogP) is 4.18. The maximum Gasteiger partial charge on any atom is 0.341 e. The summed E-state index contributed by atoms with van der Waals surface area (Å²) in [4.78, 5) is 24.9. The smallest absolute Gasteiger partial charge is 0.341 e. The van der Waals surface area contributed by atoms with Crippen LogP contribution in [-0.4, -0.2) is 36.8 Å². The van der Waals surface area contributed by atoms with Gasteiger partial charge in [-0.25, -0.2) is 4.79 Å². The zero-order chi connectivity index (χ0) is 19.7. The first-order valence-electron chi connectivity index (χ1n) is 9.24. The summed E-state index contributed by atoms with van der Waals surface area (Å²) in [7, 11) is 0. The molecule has 0 heterocycles. The second-order valence-electron chi connectivity index (χ2n) is 6.24. The summed E-state index contributed by atoms with van der Waals surface area (Å²) in [6, 6.07) is 4.97. The molecule has 1 aromatic carbocycles. The SMILES string of the molecule is CCOC(=O)c1cc(NC(=O)C(C)(CC)OCC)ccc1OC(C)CC. The topological polar surface area (TPSA) is 73.9 Å².